The van der Waals surface area contributed by atoms with Crippen LogP contribution in [0.3, 0.4) is 0 Å². The van der Waals surface area contributed by atoms with Crippen LogP contribution in [-0.2, 0) is 0 Å². The van der Waals surface area contributed by atoms with E-state index in [4.69, 9.17) is 4.42 Å². The van der Waals surface area contributed by atoms with Gasteiger partial charge in [0, 0.05) is 4.47 Å². The molecule has 0 amide bonds. The predicted octanol–water partition coefficient (Wildman–Crippen LogP) is 3.49. The Bertz CT molecular complexity index is 470. The average molecular weight is 284 g/mol. The maximum atomic E-state index is 13.2. The van der Waals surface area contributed by atoms with Crippen LogP contribution in [0, 0.1) is 5.82 Å². The molecule has 0 aliphatic carbocycles. The summed E-state index contributed by atoms with van der Waals surface area (Å²) in [6, 6.07) is 8.12. The summed E-state index contributed by atoms with van der Waals surface area (Å²) >= 11 is 3.41. The maximum absolute atomic E-state index is 13.2. The summed E-state index contributed by atoms with van der Waals surface area (Å²) < 4.78 is 19.4. The van der Waals surface area contributed by atoms with Crippen molar-refractivity contribution >= 4 is 15.9 Å². The lowest BCUT2D eigenvalue weighted by Gasteiger charge is -2.15. The molecule has 2 aromatic rings. The zero-order chi connectivity index (χ0) is 11.5. The molecule has 2 nitrogen and oxygen atoms in total. The standard InChI is InChI=1S/C12H11BrFNO/c1-15-12(11-3-2-6-16-11)9-7-8(14)4-5-10(9)13/h2-7,12,15H,1H3. The van der Waals surface area contributed by atoms with Crippen LogP contribution in [0.15, 0.2) is 45.5 Å². The first-order valence-corrected chi connectivity index (χ1v) is 5.67. The zero-order valence-corrected chi connectivity index (χ0v) is 10.3. The van der Waals surface area contributed by atoms with Gasteiger partial charge in [-0.3, -0.25) is 0 Å². The minimum Gasteiger partial charge on any atom is -0.467 e. The molecule has 0 fully saturated rings. The van der Waals surface area contributed by atoms with E-state index >= 15 is 0 Å². The van der Waals surface area contributed by atoms with Crippen molar-refractivity contribution in [2.45, 2.75) is 6.04 Å². The first-order chi connectivity index (χ1) is 7.72. The topological polar surface area (TPSA) is 25.2 Å². The molecular weight excluding hydrogens is 273 g/mol. The van der Waals surface area contributed by atoms with Crippen molar-refractivity contribution in [2.24, 2.45) is 0 Å². The van der Waals surface area contributed by atoms with E-state index in [9.17, 15) is 4.39 Å². The second-order valence-corrected chi connectivity index (χ2v) is 4.26. The van der Waals surface area contributed by atoms with E-state index in [1.165, 1.54) is 12.1 Å². The fourth-order valence-corrected chi connectivity index (χ4v) is 2.12. The highest BCUT2D eigenvalue weighted by molar-refractivity contribution is 9.10. The van der Waals surface area contributed by atoms with Crippen LogP contribution < -0.4 is 5.32 Å². The van der Waals surface area contributed by atoms with Gasteiger partial charge in [-0.1, -0.05) is 15.9 Å². The van der Waals surface area contributed by atoms with Gasteiger partial charge in [0.1, 0.15) is 11.6 Å². The van der Waals surface area contributed by atoms with Gasteiger partial charge in [0.05, 0.1) is 12.3 Å². The third kappa shape index (κ3) is 2.18. The molecule has 2 rings (SSSR count). The fourth-order valence-electron chi connectivity index (χ4n) is 1.64. The van der Waals surface area contributed by atoms with Crippen LogP contribution in [0.25, 0.3) is 0 Å². The van der Waals surface area contributed by atoms with Crippen molar-refractivity contribution in [2.75, 3.05) is 7.05 Å². The molecule has 0 saturated heterocycles. The number of halogens is 2. The van der Waals surface area contributed by atoms with Gasteiger partial charge < -0.3 is 9.73 Å². The summed E-state index contributed by atoms with van der Waals surface area (Å²) in [4.78, 5) is 0. The number of benzene rings is 1. The smallest absolute Gasteiger partial charge is 0.125 e. The van der Waals surface area contributed by atoms with Gasteiger partial charge in [-0.25, -0.2) is 4.39 Å². The summed E-state index contributed by atoms with van der Waals surface area (Å²) in [6.45, 7) is 0. The van der Waals surface area contributed by atoms with Crippen molar-refractivity contribution in [1.29, 1.82) is 0 Å². The van der Waals surface area contributed by atoms with Gasteiger partial charge in [-0.15, -0.1) is 0 Å². The molecule has 0 radical (unpaired) electrons. The van der Waals surface area contributed by atoms with E-state index in [0.717, 1.165) is 15.8 Å². The second-order valence-electron chi connectivity index (χ2n) is 3.40. The molecule has 1 heterocycles. The van der Waals surface area contributed by atoms with Gasteiger partial charge >= 0.3 is 0 Å². The molecule has 1 aromatic carbocycles. The molecule has 1 N–H and O–H groups in total. The van der Waals surface area contributed by atoms with Gasteiger partial charge in [-0.05, 0) is 42.9 Å². The first-order valence-electron chi connectivity index (χ1n) is 4.88. The monoisotopic (exact) mass is 283 g/mol. The number of rotatable bonds is 3. The predicted molar refractivity (Wildman–Crippen MR) is 63.7 cm³/mol. The molecule has 0 aliphatic rings. The molecule has 0 saturated carbocycles. The second kappa shape index (κ2) is 4.80. The normalized spacial score (nSPS) is 12.7. The number of furan rings is 1. The SMILES string of the molecule is CNC(c1ccco1)c1cc(F)ccc1Br. The molecule has 1 atom stereocenters. The van der Waals surface area contributed by atoms with Crippen LogP contribution in [-0.4, -0.2) is 7.05 Å². The van der Waals surface area contributed by atoms with E-state index < -0.39 is 0 Å². The highest BCUT2D eigenvalue weighted by atomic mass is 79.9. The summed E-state index contributed by atoms with van der Waals surface area (Å²) in [5.74, 6) is 0.499. The third-order valence-electron chi connectivity index (χ3n) is 2.39. The van der Waals surface area contributed by atoms with Crippen molar-refractivity contribution < 1.29 is 8.81 Å². The van der Waals surface area contributed by atoms with Crippen molar-refractivity contribution in [1.82, 2.24) is 5.32 Å². The fraction of sp³-hybridized carbons (Fsp3) is 0.167. The molecule has 0 spiro atoms. The number of hydrogen-bond donors (Lipinski definition) is 1. The number of hydrogen-bond acceptors (Lipinski definition) is 2. The highest BCUT2D eigenvalue weighted by Gasteiger charge is 2.17. The maximum Gasteiger partial charge on any atom is 0.125 e. The summed E-state index contributed by atoms with van der Waals surface area (Å²) in [6.07, 6.45) is 1.60. The average Bonchev–Trinajstić information content (AvgIpc) is 2.78. The van der Waals surface area contributed by atoms with Crippen molar-refractivity contribution in [3.63, 3.8) is 0 Å². The lowest BCUT2D eigenvalue weighted by Crippen LogP contribution is -2.17. The Morgan fingerprint density at radius 1 is 1.38 bits per heavy atom. The van der Waals surface area contributed by atoms with E-state index in [1.54, 1.807) is 12.3 Å². The van der Waals surface area contributed by atoms with Crippen LogP contribution in [0.1, 0.15) is 17.4 Å². The molecule has 0 bridgehead atoms. The molecule has 4 heteroatoms. The Hall–Kier alpha value is -1.13. The molecule has 1 unspecified atom stereocenters. The third-order valence-corrected chi connectivity index (χ3v) is 3.11. The van der Waals surface area contributed by atoms with Gasteiger partial charge in [0.2, 0.25) is 0 Å². The molecule has 16 heavy (non-hydrogen) atoms. The Morgan fingerprint density at radius 3 is 2.81 bits per heavy atom. The molecule has 1 aromatic heterocycles. The van der Waals surface area contributed by atoms with Crippen LogP contribution >= 0.6 is 15.9 Å². The number of nitrogens with one attached hydrogen (secondary N) is 1. The molecule has 84 valence electrons. The summed E-state index contributed by atoms with van der Waals surface area (Å²) in [5.41, 5.74) is 0.817. The Kier molecular flexibility index (Phi) is 3.41. The molecular formula is C12H11BrFNO. The van der Waals surface area contributed by atoms with Gasteiger partial charge in [0.15, 0.2) is 0 Å². The van der Waals surface area contributed by atoms with Crippen LogP contribution in [0.4, 0.5) is 4.39 Å². The summed E-state index contributed by atoms with van der Waals surface area (Å²) in [7, 11) is 1.81. The summed E-state index contributed by atoms with van der Waals surface area (Å²) in [5, 5.41) is 3.10. The minimum absolute atomic E-state index is 0.153. The van der Waals surface area contributed by atoms with Crippen molar-refractivity contribution in [3.05, 3.63) is 58.2 Å². The van der Waals surface area contributed by atoms with Gasteiger partial charge in [-0.2, -0.15) is 0 Å². The van der Waals surface area contributed by atoms with Crippen LogP contribution in [0.5, 0.6) is 0 Å². The minimum atomic E-state index is -0.259. The van der Waals surface area contributed by atoms with Gasteiger partial charge in [0.25, 0.3) is 0 Å². The highest BCUT2D eigenvalue weighted by Crippen LogP contribution is 2.29. The van der Waals surface area contributed by atoms with Crippen LogP contribution in [0.2, 0.25) is 0 Å². The van der Waals surface area contributed by atoms with E-state index in [-0.39, 0.29) is 11.9 Å². The zero-order valence-electron chi connectivity index (χ0n) is 8.71. The van der Waals surface area contributed by atoms with E-state index in [2.05, 4.69) is 21.2 Å². The van der Waals surface area contributed by atoms with Crippen molar-refractivity contribution in [3.8, 4) is 0 Å². The quantitative estimate of drug-likeness (QED) is 0.933. The Labute approximate surface area is 102 Å². The first kappa shape index (κ1) is 11.4. The van der Waals surface area contributed by atoms with E-state index in [0.29, 0.717) is 0 Å². The lowest BCUT2D eigenvalue weighted by atomic mass is 10.0. The lowest BCUT2D eigenvalue weighted by molar-refractivity contribution is 0.461. The molecule has 0 aliphatic heterocycles. The Morgan fingerprint density at radius 2 is 2.19 bits per heavy atom. The Balaban J connectivity index is 2.44. The largest absolute Gasteiger partial charge is 0.467 e. The van der Waals surface area contributed by atoms with E-state index in [1.807, 2.05) is 19.2 Å².